The highest BCUT2D eigenvalue weighted by Gasteiger charge is 2.25. The number of hydrogen-bond acceptors (Lipinski definition) is 6. The third-order valence-electron chi connectivity index (χ3n) is 5.05. The summed E-state index contributed by atoms with van der Waals surface area (Å²) >= 11 is 0. The zero-order chi connectivity index (χ0) is 18.1. The summed E-state index contributed by atoms with van der Waals surface area (Å²) in [4.78, 5) is 18.9. The van der Waals surface area contributed by atoms with Gasteiger partial charge in [0, 0.05) is 38.9 Å². The van der Waals surface area contributed by atoms with Crippen molar-refractivity contribution in [3.8, 4) is 6.07 Å². The van der Waals surface area contributed by atoms with Crippen molar-refractivity contribution in [2.24, 2.45) is 0 Å². The lowest BCUT2D eigenvalue weighted by Crippen LogP contribution is -2.45. The Morgan fingerprint density at radius 2 is 2.00 bits per heavy atom. The molecule has 2 aliphatic rings. The molecular weight excluding hydrogens is 318 g/mol. The Morgan fingerprint density at radius 1 is 1.32 bits per heavy atom. The molecule has 0 atom stereocenters. The molecule has 1 N–H and O–H groups in total. The number of nitrogens with one attached hydrogen (secondary N) is 1. The molecule has 0 bridgehead atoms. The van der Waals surface area contributed by atoms with Crippen LogP contribution in [0.3, 0.4) is 0 Å². The van der Waals surface area contributed by atoms with Gasteiger partial charge in [-0.05, 0) is 45.9 Å². The van der Waals surface area contributed by atoms with Crippen LogP contribution in [-0.2, 0) is 9.53 Å². The molecule has 0 aliphatic carbocycles. The molecule has 0 spiro atoms. The van der Waals surface area contributed by atoms with E-state index < -0.39 is 0 Å². The first-order valence-corrected chi connectivity index (χ1v) is 9.21. The third-order valence-corrected chi connectivity index (χ3v) is 5.05. The van der Waals surface area contributed by atoms with Crippen molar-refractivity contribution in [3.05, 3.63) is 11.8 Å². The van der Waals surface area contributed by atoms with Crippen LogP contribution in [0.4, 0.5) is 0 Å². The summed E-state index contributed by atoms with van der Waals surface area (Å²) in [6.45, 7) is 7.34. The number of nitriles is 1. The number of likely N-dealkylation sites (tertiary alicyclic amines) is 1. The number of carbonyl (C=O) groups is 1. The Bertz CT molecular complexity index is 488. The molecule has 0 aromatic carbocycles. The van der Waals surface area contributed by atoms with Gasteiger partial charge in [-0.3, -0.25) is 9.69 Å². The molecule has 0 unspecified atom stereocenters. The van der Waals surface area contributed by atoms with E-state index in [1.54, 1.807) is 11.1 Å². The number of ether oxygens (including phenoxy) is 1. The second-order valence-electron chi connectivity index (χ2n) is 6.88. The molecule has 25 heavy (non-hydrogen) atoms. The van der Waals surface area contributed by atoms with Crippen molar-refractivity contribution in [1.29, 1.82) is 5.26 Å². The summed E-state index contributed by atoms with van der Waals surface area (Å²) in [7, 11) is 3.90. The fourth-order valence-corrected chi connectivity index (χ4v) is 3.28. The summed E-state index contributed by atoms with van der Waals surface area (Å²) in [6, 6.07) is 2.26. The van der Waals surface area contributed by atoms with Crippen molar-refractivity contribution < 1.29 is 9.53 Å². The third kappa shape index (κ3) is 6.31. The SMILES string of the molecule is CN1CCC(N(C)C(=O)/C(C#N)=C\NCCCN2CCOCC2)CC1. The molecule has 140 valence electrons. The standard InChI is InChI=1S/C18H31N5O2/c1-21-8-4-17(5-9-21)22(2)18(24)16(14-19)15-20-6-3-7-23-10-12-25-13-11-23/h15,17,20H,3-13H2,1-2H3/b16-15-. The largest absolute Gasteiger partial charge is 0.390 e. The average molecular weight is 349 g/mol. The molecule has 2 heterocycles. The summed E-state index contributed by atoms with van der Waals surface area (Å²) in [5.74, 6) is -0.183. The lowest BCUT2D eigenvalue weighted by atomic mass is 10.0. The maximum Gasteiger partial charge on any atom is 0.265 e. The first-order valence-electron chi connectivity index (χ1n) is 9.21. The number of hydrogen-bond donors (Lipinski definition) is 1. The highest BCUT2D eigenvalue weighted by molar-refractivity contribution is 5.97. The molecule has 7 nitrogen and oxygen atoms in total. The van der Waals surface area contributed by atoms with E-state index in [9.17, 15) is 10.1 Å². The monoisotopic (exact) mass is 349 g/mol. The zero-order valence-electron chi connectivity index (χ0n) is 15.5. The van der Waals surface area contributed by atoms with Gasteiger partial charge in [0.15, 0.2) is 0 Å². The van der Waals surface area contributed by atoms with Gasteiger partial charge in [-0.1, -0.05) is 0 Å². The van der Waals surface area contributed by atoms with E-state index in [0.717, 1.165) is 71.7 Å². The van der Waals surface area contributed by atoms with Crippen LogP contribution in [-0.4, -0.2) is 93.2 Å². The van der Waals surface area contributed by atoms with Gasteiger partial charge in [-0.25, -0.2) is 0 Å². The molecule has 2 rings (SSSR count). The summed E-state index contributed by atoms with van der Waals surface area (Å²) < 4.78 is 5.33. The van der Waals surface area contributed by atoms with Crippen molar-refractivity contribution in [3.63, 3.8) is 0 Å². The first-order chi connectivity index (χ1) is 12.1. The molecule has 2 saturated heterocycles. The lowest BCUT2D eigenvalue weighted by Gasteiger charge is -2.35. The Morgan fingerprint density at radius 3 is 2.64 bits per heavy atom. The predicted octanol–water partition coefficient (Wildman–Crippen LogP) is 0.258. The van der Waals surface area contributed by atoms with E-state index in [0.29, 0.717) is 0 Å². The molecule has 0 radical (unpaired) electrons. The second kappa shape index (κ2) is 10.4. The van der Waals surface area contributed by atoms with Gasteiger partial charge >= 0.3 is 0 Å². The van der Waals surface area contributed by atoms with Crippen molar-refractivity contribution >= 4 is 5.91 Å². The summed E-state index contributed by atoms with van der Waals surface area (Å²) in [5, 5.41) is 12.4. The molecule has 0 aromatic rings. The number of amides is 1. The highest BCUT2D eigenvalue weighted by Crippen LogP contribution is 2.15. The lowest BCUT2D eigenvalue weighted by molar-refractivity contribution is -0.128. The van der Waals surface area contributed by atoms with E-state index in [4.69, 9.17) is 4.74 Å². The van der Waals surface area contributed by atoms with Crippen LogP contribution in [0.2, 0.25) is 0 Å². The van der Waals surface area contributed by atoms with Crippen LogP contribution in [0, 0.1) is 11.3 Å². The number of carbonyl (C=O) groups excluding carboxylic acids is 1. The van der Waals surface area contributed by atoms with Crippen LogP contribution in [0.1, 0.15) is 19.3 Å². The minimum absolute atomic E-state index is 0.183. The quantitative estimate of drug-likeness (QED) is 0.404. The zero-order valence-corrected chi connectivity index (χ0v) is 15.5. The fraction of sp³-hybridized carbons (Fsp3) is 0.778. The van der Waals surface area contributed by atoms with Crippen molar-refractivity contribution in [1.82, 2.24) is 20.0 Å². The Kier molecular flexibility index (Phi) is 8.19. The average Bonchev–Trinajstić information content (AvgIpc) is 2.65. The minimum Gasteiger partial charge on any atom is -0.390 e. The summed E-state index contributed by atoms with van der Waals surface area (Å²) in [6.07, 6.45) is 4.48. The van der Waals surface area contributed by atoms with E-state index >= 15 is 0 Å². The van der Waals surface area contributed by atoms with Crippen LogP contribution < -0.4 is 5.32 Å². The van der Waals surface area contributed by atoms with Crippen molar-refractivity contribution in [2.45, 2.75) is 25.3 Å². The molecule has 0 saturated carbocycles. The minimum atomic E-state index is -0.183. The van der Waals surface area contributed by atoms with Gasteiger partial charge in [0.25, 0.3) is 5.91 Å². The Labute approximate surface area is 151 Å². The van der Waals surface area contributed by atoms with Crippen LogP contribution in [0.15, 0.2) is 11.8 Å². The van der Waals surface area contributed by atoms with E-state index in [1.165, 1.54) is 0 Å². The topological polar surface area (TPSA) is 71.8 Å². The van der Waals surface area contributed by atoms with Gasteiger partial charge in [0.1, 0.15) is 11.6 Å². The molecule has 0 aromatic heterocycles. The van der Waals surface area contributed by atoms with Crippen LogP contribution in [0.5, 0.6) is 0 Å². The van der Waals surface area contributed by atoms with E-state index in [2.05, 4.69) is 22.2 Å². The van der Waals surface area contributed by atoms with Gasteiger partial charge in [0.05, 0.1) is 13.2 Å². The normalized spacial score (nSPS) is 20.9. The molecular formula is C18H31N5O2. The second-order valence-corrected chi connectivity index (χ2v) is 6.88. The molecule has 1 amide bonds. The number of piperidine rings is 1. The highest BCUT2D eigenvalue weighted by atomic mass is 16.5. The Hall–Kier alpha value is -1.62. The summed E-state index contributed by atoms with van der Waals surface area (Å²) in [5.41, 5.74) is 0.188. The maximum atomic E-state index is 12.5. The smallest absolute Gasteiger partial charge is 0.265 e. The van der Waals surface area contributed by atoms with Gasteiger partial charge in [-0.2, -0.15) is 5.26 Å². The Balaban J connectivity index is 1.72. The number of rotatable bonds is 7. The predicted molar refractivity (Wildman–Crippen MR) is 96.9 cm³/mol. The van der Waals surface area contributed by atoms with Crippen LogP contribution in [0.25, 0.3) is 0 Å². The van der Waals surface area contributed by atoms with Gasteiger partial charge in [-0.15, -0.1) is 0 Å². The van der Waals surface area contributed by atoms with Crippen LogP contribution >= 0.6 is 0 Å². The molecule has 2 aliphatic heterocycles. The molecule has 7 heteroatoms. The number of morpholine rings is 1. The number of nitrogens with zero attached hydrogens (tertiary/aromatic N) is 4. The van der Waals surface area contributed by atoms with E-state index in [-0.39, 0.29) is 17.5 Å². The van der Waals surface area contributed by atoms with Gasteiger partial charge < -0.3 is 19.9 Å². The number of likely N-dealkylation sites (N-methyl/N-ethyl adjacent to an activating group) is 1. The molecule has 2 fully saturated rings. The maximum absolute atomic E-state index is 12.5. The fourth-order valence-electron chi connectivity index (χ4n) is 3.28. The van der Waals surface area contributed by atoms with E-state index in [1.807, 2.05) is 13.1 Å². The first kappa shape index (κ1) is 19.7. The van der Waals surface area contributed by atoms with Crippen molar-refractivity contribution in [2.75, 3.05) is 66.6 Å². The van der Waals surface area contributed by atoms with Gasteiger partial charge in [0.2, 0.25) is 0 Å².